The van der Waals surface area contributed by atoms with Crippen LogP contribution in [0.5, 0.6) is 0 Å². The molecule has 1 heterocycles. The normalized spacial score (nSPS) is 21.7. The van der Waals surface area contributed by atoms with Crippen molar-refractivity contribution in [2.45, 2.75) is 49.2 Å². The average molecular weight is 385 g/mol. The SMILES string of the molecule is CN(C)C[C@H]1C[C@H](S(=O)(=O)c2c(Cl)ccc3nc(C(C)(C)C)oc23)C1. The molecule has 1 fully saturated rings. The van der Waals surface area contributed by atoms with E-state index in [0.717, 1.165) is 6.54 Å². The van der Waals surface area contributed by atoms with Gasteiger partial charge in [0.2, 0.25) is 5.89 Å². The van der Waals surface area contributed by atoms with Crippen LogP contribution in [0.1, 0.15) is 39.5 Å². The molecule has 0 spiro atoms. The van der Waals surface area contributed by atoms with Crippen molar-refractivity contribution in [1.82, 2.24) is 9.88 Å². The molecule has 1 aromatic carbocycles. The van der Waals surface area contributed by atoms with Gasteiger partial charge in [0.25, 0.3) is 0 Å². The molecule has 0 bridgehead atoms. The highest BCUT2D eigenvalue weighted by Crippen LogP contribution is 2.42. The molecule has 0 N–H and O–H groups in total. The van der Waals surface area contributed by atoms with Gasteiger partial charge < -0.3 is 9.32 Å². The first kappa shape index (κ1) is 18.7. The molecule has 0 amide bonds. The molecule has 25 heavy (non-hydrogen) atoms. The lowest BCUT2D eigenvalue weighted by Crippen LogP contribution is -2.40. The Kier molecular flexibility index (Phi) is 4.67. The molecule has 0 unspecified atom stereocenters. The molecule has 0 atom stereocenters. The number of hydrogen-bond donors (Lipinski definition) is 0. The van der Waals surface area contributed by atoms with Crippen LogP contribution in [0.3, 0.4) is 0 Å². The Morgan fingerprint density at radius 1 is 1.28 bits per heavy atom. The van der Waals surface area contributed by atoms with Gasteiger partial charge in [0.1, 0.15) is 10.4 Å². The minimum atomic E-state index is -3.54. The van der Waals surface area contributed by atoms with Crippen molar-refractivity contribution in [3.05, 3.63) is 23.0 Å². The van der Waals surface area contributed by atoms with E-state index in [1.165, 1.54) is 0 Å². The first-order valence-corrected chi connectivity index (χ1v) is 10.4. The van der Waals surface area contributed by atoms with E-state index in [-0.39, 0.29) is 20.9 Å². The van der Waals surface area contributed by atoms with Gasteiger partial charge in [0.15, 0.2) is 15.4 Å². The Hall–Kier alpha value is -1.11. The molecule has 0 radical (unpaired) electrons. The van der Waals surface area contributed by atoms with Gasteiger partial charge >= 0.3 is 0 Å². The summed E-state index contributed by atoms with van der Waals surface area (Å²) in [7, 11) is 0.459. The third kappa shape index (κ3) is 3.44. The maximum absolute atomic E-state index is 13.2. The van der Waals surface area contributed by atoms with Crippen LogP contribution in [0.25, 0.3) is 11.1 Å². The van der Waals surface area contributed by atoms with Gasteiger partial charge in [-0.2, -0.15) is 0 Å². The molecule has 1 aromatic heterocycles. The second-order valence-corrected chi connectivity index (χ2v) is 10.8. The topological polar surface area (TPSA) is 63.4 Å². The monoisotopic (exact) mass is 384 g/mol. The number of nitrogens with zero attached hydrogens (tertiary/aromatic N) is 2. The van der Waals surface area contributed by atoms with E-state index >= 15 is 0 Å². The van der Waals surface area contributed by atoms with E-state index < -0.39 is 15.1 Å². The van der Waals surface area contributed by atoms with E-state index in [1.807, 2.05) is 34.9 Å². The fourth-order valence-electron chi connectivity index (χ4n) is 3.29. The number of benzene rings is 1. The van der Waals surface area contributed by atoms with E-state index in [0.29, 0.717) is 30.2 Å². The molecule has 138 valence electrons. The lowest BCUT2D eigenvalue weighted by Gasteiger charge is -2.36. The van der Waals surface area contributed by atoms with Gasteiger partial charge in [0.05, 0.1) is 10.3 Å². The van der Waals surface area contributed by atoms with Gasteiger partial charge in [-0.15, -0.1) is 0 Å². The van der Waals surface area contributed by atoms with Crippen molar-refractivity contribution in [3.8, 4) is 0 Å². The summed E-state index contributed by atoms with van der Waals surface area (Å²) in [5.74, 6) is 0.924. The van der Waals surface area contributed by atoms with Crippen molar-refractivity contribution >= 4 is 32.5 Å². The van der Waals surface area contributed by atoms with E-state index in [2.05, 4.69) is 9.88 Å². The van der Waals surface area contributed by atoms with Crippen LogP contribution in [0.2, 0.25) is 5.02 Å². The van der Waals surface area contributed by atoms with E-state index in [9.17, 15) is 8.42 Å². The van der Waals surface area contributed by atoms with Crippen LogP contribution in [-0.2, 0) is 15.3 Å². The third-order valence-corrected chi connectivity index (χ3v) is 7.31. The maximum Gasteiger partial charge on any atom is 0.200 e. The second-order valence-electron chi connectivity index (χ2n) is 8.26. The average Bonchev–Trinajstić information content (AvgIpc) is 2.85. The number of sulfone groups is 1. The lowest BCUT2D eigenvalue weighted by atomic mass is 9.84. The summed E-state index contributed by atoms with van der Waals surface area (Å²) in [6.07, 6.45) is 1.32. The Balaban J connectivity index is 2.00. The van der Waals surface area contributed by atoms with Crippen molar-refractivity contribution in [3.63, 3.8) is 0 Å². The highest BCUT2D eigenvalue weighted by molar-refractivity contribution is 7.92. The Morgan fingerprint density at radius 2 is 1.92 bits per heavy atom. The van der Waals surface area contributed by atoms with Crippen LogP contribution < -0.4 is 0 Å². The summed E-state index contributed by atoms with van der Waals surface area (Å²) in [5.41, 5.74) is 0.519. The summed E-state index contributed by atoms with van der Waals surface area (Å²) in [6, 6.07) is 3.31. The number of halogens is 1. The van der Waals surface area contributed by atoms with Crippen LogP contribution in [-0.4, -0.2) is 44.2 Å². The predicted molar refractivity (Wildman–Crippen MR) is 100.0 cm³/mol. The molecule has 1 saturated carbocycles. The number of rotatable bonds is 4. The first-order chi connectivity index (χ1) is 11.5. The van der Waals surface area contributed by atoms with Crippen molar-refractivity contribution in [2.24, 2.45) is 5.92 Å². The van der Waals surface area contributed by atoms with Crippen molar-refractivity contribution < 1.29 is 12.8 Å². The lowest BCUT2D eigenvalue weighted by molar-refractivity contribution is 0.232. The minimum absolute atomic E-state index is 0.1000. The highest BCUT2D eigenvalue weighted by Gasteiger charge is 2.42. The van der Waals surface area contributed by atoms with Gasteiger partial charge in [-0.25, -0.2) is 13.4 Å². The van der Waals surface area contributed by atoms with Crippen LogP contribution in [0, 0.1) is 5.92 Å². The Labute approximate surface area is 154 Å². The summed E-state index contributed by atoms with van der Waals surface area (Å²) < 4.78 is 32.2. The smallest absolute Gasteiger partial charge is 0.200 e. The number of fused-ring (bicyclic) bond motifs is 1. The van der Waals surface area contributed by atoms with E-state index in [4.69, 9.17) is 16.0 Å². The summed E-state index contributed by atoms with van der Waals surface area (Å²) in [5, 5.41) is -0.191. The fraction of sp³-hybridized carbons (Fsp3) is 0.611. The summed E-state index contributed by atoms with van der Waals surface area (Å²) >= 11 is 6.28. The molecule has 0 aliphatic heterocycles. The van der Waals surface area contributed by atoms with Crippen molar-refractivity contribution in [1.29, 1.82) is 0 Å². The molecule has 5 nitrogen and oxygen atoms in total. The quantitative estimate of drug-likeness (QED) is 0.800. The Morgan fingerprint density at radius 3 is 2.48 bits per heavy atom. The molecule has 0 saturated heterocycles. The zero-order chi connectivity index (χ0) is 18.6. The van der Waals surface area contributed by atoms with Gasteiger partial charge in [-0.05, 0) is 45.0 Å². The summed E-state index contributed by atoms with van der Waals surface area (Å²) in [6.45, 7) is 6.84. The summed E-state index contributed by atoms with van der Waals surface area (Å²) in [4.78, 5) is 6.65. The molecule has 1 aliphatic rings. The van der Waals surface area contributed by atoms with Gasteiger partial charge in [0, 0.05) is 12.0 Å². The zero-order valence-corrected chi connectivity index (χ0v) is 16.9. The molecule has 3 rings (SSSR count). The highest BCUT2D eigenvalue weighted by atomic mass is 35.5. The molecule has 2 aromatic rings. The molecular formula is C18H25ClN2O3S. The molecule has 1 aliphatic carbocycles. The third-order valence-electron chi connectivity index (χ3n) is 4.64. The van der Waals surface area contributed by atoms with Gasteiger partial charge in [-0.1, -0.05) is 32.4 Å². The zero-order valence-electron chi connectivity index (χ0n) is 15.3. The fourth-order valence-corrected chi connectivity index (χ4v) is 5.89. The van der Waals surface area contributed by atoms with Crippen molar-refractivity contribution in [2.75, 3.05) is 20.6 Å². The standard InChI is InChI=1S/C18H25ClN2O3S/c1-18(2,3)17-20-14-7-6-13(19)16(15(14)24-17)25(22,23)12-8-11(9-12)10-21(4)5/h6-7,11-12H,8-10H2,1-5H3/t11-,12-. The predicted octanol–water partition coefficient (Wildman–Crippen LogP) is 3.89. The first-order valence-electron chi connectivity index (χ1n) is 8.48. The number of aromatic nitrogens is 1. The van der Waals surface area contributed by atoms with Crippen LogP contribution >= 0.6 is 11.6 Å². The number of hydrogen-bond acceptors (Lipinski definition) is 5. The van der Waals surface area contributed by atoms with Crippen LogP contribution in [0.4, 0.5) is 0 Å². The number of oxazole rings is 1. The van der Waals surface area contributed by atoms with Gasteiger partial charge in [-0.3, -0.25) is 0 Å². The van der Waals surface area contributed by atoms with Crippen LogP contribution in [0.15, 0.2) is 21.4 Å². The second kappa shape index (κ2) is 6.25. The minimum Gasteiger partial charge on any atom is -0.439 e. The molecular weight excluding hydrogens is 360 g/mol. The maximum atomic E-state index is 13.2. The van der Waals surface area contributed by atoms with E-state index in [1.54, 1.807) is 12.1 Å². The Bertz CT molecular complexity index is 891. The largest absolute Gasteiger partial charge is 0.439 e. The molecule has 7 heteroatoms.